The largest absolute Gasteiger partial charge is 0.493 e. The molecule has 0 atom stereocenters. The first kappa shape index (κ1) is 22.4. The lowest BCUT2D eigenvalue weighted by Gasteiger charge is -2.11. The van der Waals surface area contributed by atoms with E-state index in [-0.39, 0.29) is 11.7 Å². The predicted octanol–water partition coefficient (Wildman–Crippen LogP) is 4.97. The Morgan fingerprint density at radius 3 is 2.82 bits per heavy atom. The molecule has 1 N–H and O–H groups in total. The molecule has 0 unspecified atom stereocenters. The number of rotatable bonds is 9. The number of aryl methyl sites for hydroxylation is 1. The molecule has 7 nitrogen and oxygen atoms in total. The van der Waals surface area contributed by atoms with E-state index in [1.165, 1.54) is 17.3 Å². The van der Waals surface area contributed by atoms with Crippen LogP contribution in [-0.2, 0) is 11.4 Å². The number of hydrogen-bond acceptors (Lipinski definition) is 7. The predicted molar refractivity (Wildman–Crippen MR) is 129 cm³/mol. The number of nitrogens with one attached hydrogen (secondary N) is 1. The summed E-state index contributed by atoms with van der Waals surface area (Å²) in [5.74, 6) is 1.10. The SMILES string of the molecule is COc1cc(/C=N/NC(=O)CSc2nc3ccccc3o2)ccc1OCc1cccc(C)c1. The van der Waals surface area contributed by atoms with Gasteiger partial charge in [-0.1, -0.05) is 53.7 Å². The van der Waals surface area contributed by atoms with Gasteiger partial charge in [-0.3, -0.25) is 4.79 Å². The minimum absolute atomic E-state index is 0.138. The zero-order chi connectivity index (χ0) is 23.0. The highest BCUT2D eigenvalue weighted by atomic mass is 32.2. The van der Waals surface area contributed by atoms with Crippen molar-refractivity contribution in [3.05, 3.63) is 83.4 Å². The number of para-hydroxylation sites is 2. The lowest BCUT2D eigenvalue weighted by Crippen LogP contribution is -2.19. The van der Waals surface area contributed by atoms with Crippen LogP contribution in [0, 0.1) is 6.92 Å². The average molecular weight is 462 g/mol. The van der Waals surface area contributed by atoms with Gasteiger partial charge in [-0.05, 0) is 48.4 Å². The van der Waals surface area contributed by atoms with Gasteiger partial charge in [0.2, 0.25) is 0 Å². The van der Waals surface area contributed by atoms with E-state index in [4.69, 9.17) is 13.9 Å². The second-order valence-corrected chi connectivity index (χ2v) is 8.14. The van der Waals surface area contributed by atoms with Gasteiger partial charge in [0.15, 0.2) is 17.1 Å². The Morgan fingerprint density at radius 2 is 2.00 bits per heavy atom. The van der Waals surface area contributed by atoms with Crippen molar-refractivity contribution in [3.63, 3.8) is 0 Å². The number of fused-ring (bicyclic) bond motifs is 1. The monoisotopic (exact) mass is 461 g/mol. The summed E-state index contributed by atoms with van der Waals surface area (Å²) >= 11 is 1.21. The van der Waals surface area contributed by atoms with Crippen LogP contribution in [0.4, 0.5) is 0 Å². The third kappa shape index (κ3) is 6.14. The second kappa shape index (κ2) is 10.7. The Hall–Kier alpha value is -3.78. The van der Waals surface area contributed by atoms with Crippen LogP contribution >= 0.6 is 11.8 Å². The maximum absolute atomic E-state index is 12.1. The van der Waals surface area contributed by atoms with Crippen molar-refractivity contribution in [1.82, 2.24) is 10.4 Å². The first-order valence-corrected chi connectivity index (χ1v) is 11.3. The fourth-order valence-electron chi connectivity index (χ4n) is 3.10. The summed E-state index contributed by atoms with van der Waals surface area (Å²) < 4.78 is 16.9. The van der Waals surface area contributed by atoms with Crippen molar-refractivity contribution in [1.29, 1.82) is 0 Å². The molecule has 1 amide bonds. The van der Waals surface area contributed by atoms with Crippen molar-refractivity contribution in [2.75, 3.05) is 12.9 Å². The molecular weight excluding hydrogens is 438 g/mol. The molecule has 0 spiro atoms. The molecule has 0 saturated heterocycles. The van der Waals surface area contributed by atoms with Crippen molar-refractivity contribution >= 4 is 35.0 Å². The molecule has 0 aliphatic heterocycles. The quantitative estimate of drug-likeness (QED) is 0.215. The van der Waals surface area contributed by atoms with Crippen LogP contribution in [0.1, 0.15) is 16.7 Å². The Labute approximate surface area is 195 Å². The zero-order valence-electron chi connectivity index (χ0n) is 18.3. The van der Waals surface area contributed by atoms with Crippen molar-refractivity contribution in [2.24, 2.45) is 5.10 Å². The van der Waals surface area contributed by atoms with E-state index in [1.807, 2.05) is 61.5 Å². The summed E-state index contributed by atoms with van der Waals surface area (Å²) in [6, 6.07) is 21.1. The number of benzene rings is 3. The molecule has 8 heteroatoms. The maximum Gasteiger partial charge on any atom is 0.257 e. The van der Waals surface area contributed by atoms with Gasteiger partial charge in [0.05, 0.1) is 19.1 Å². The number of thioether (sulfide) groups is 1. The Bertz CT molecular complexity index is 1250. The molecule has 0 fully saturated rings. The first-order chi connectivity index (χ1) is 16.1. The highest BCUT2D eigenvalue weighted by Gasteiger charge is 2.09. The third-order valence-electron chi connectivity index (χ3n) is 4.67. The van der Waals surface area contributed by atoms with E-state index in [1.54, 1.807) is 19.4 Å². The number of nitrogens with zero attached hydrogens (tertiary/aromatic N) is 2. The van der Waals surface area contributed by atoms with Gasteiger partial charge >= 0.3 is 0 Å². The van der Waals surface area contributed by atoms with Gasteiger partial charge in [0, 0.05) is 0 Å². The first-order valence-electron chi connectivity index (χ1n) is 10.3. The lowest BCUT2D eigenvalue weighted by molar-refractivity contribution is -0.118. The molecule has 4 rings (SSSR count). The summed E-state index contributed by atoms with van der Waals surface area (Å²) in [6.07, 6.45) is 1.55. The number of amides is 1. The summed E-state index contributed by atoms with van der Waals surface area (Å²) in [5.41, 5.74) is 7.00. The van der Waals surface area contributed by atoms with Crippen molar-refractivity contribution in [3.8, 4) is 11.5 Å². The van der Waals surface area contributed by atoms with Gasteiger partial charge in [-0.25, -0.2) is 10.4 Å². The molecule has 3 aromatic carbocycles. The van der Waals surface area contributed by atoms with Crippen molar-refractivity contribution < 1.29 is 18.7 Å². The normalized spacial score (nSPS) is 11.1. The minimum Gasteiger partial charge on any atom is -0.493 e. The topological polar surface area (TPSA) is 86.0 Å². The van der Waals surface area contributed by atoms with Crippen LogP contribution in [0.2, 0.25) is 0 Å². The van der Waals surface area contributed by atoms with E-state index >= 15 is 0 Å². The van der Waals surface area contributed by atoms with Gasteiger partial charge in [0.25, 0.3) is 11.1 Å². The van der Waals surface area contributed by atoms with Crippen LogP contribution in [0.3, 0.4) is 0 Å². The lowest BCUT2D eigenvalue weighted by atomic mass is 10.1. The maximum atomic E-state index is 12.1. The summed E-state index contributed by atoms with van der Waals surface area (Å²) in [4.78, 5) is 16.4. The van der Waals surface area contributed by atoms with Crippen LogP contribution < -0.4 is 14.9 Å². The minimum atomic E-state index is -0.261. The standard InChI is InChI=1S/C25H23N3O4S/c1-17-6-5-7-19(12-17)15-31-22-11-10-18(13-23(22)30-2)14-26-28-24(29)16-33-25-27-20-8-3-4-9-21(20)32-25/h3-14H,15-16H2,1-2H3,(H,28,29)/b26-14+. The summed E-state index contributed by atoms with van der Waals surface area (Å²) in [6.45, 7) is 2.49. The highest BCUT2D eigenvalue weighted by Crippen LogP contribution is 2.28. The molecule has 1 heterocycles. The van der Waals surface area contributed by atoms with Gasteiger partial charge in [0.1, 0.15) is 12.1 Å². The van der Waals surface area contributed by atoms with Crippen LogP contribution in [0.15, 0.2) is 81.5 Å². The molecule has 168 valence electrons. The number of methoxy groups -OCH3 is 1. The van der Waals surface area contributed by atoms with Gasteiger partial charge < -0.3 is 13.9 Å². The van der Waals surface area contributed by atoms with E-state index in [2.05, 4.69) is 21.6 Å². The number of ether oxygens (including phenoxy) is 2. The molecule has 4 aromatic rings. The van der Waals surface area contributed by atoms with Crippen LogP contribution in [-0.4, -0.2) is 30.0 Å². The van der Waals surface area contributed by atoms with Crippen LogP contribution in [0.5, 0.6) is 11.5 Å². The number of hydrogen-bond donors (Lipinski definition) is 1. The number of carbonyl (C=O) groups excluding carboxylic acids is 1. The van der Waals surface area contributed by atoms with E-state index in [0.29, 0.717) is 28.9 Å². The highest BCUT2D eigenvalue weighted by molar-refractivity contribution is 7.99. The third-order valence-corrected chi connectivity index (χ3v) is 5.50. The summed E-state index contributed by atoms with van der Waals surface area (Å²) in [7, 11) is 1.58. The van der Waals surface area contributed by atoms with Crippen molar-refractivity contribution in [2.45, 2.75) is 18.8 Å². The molecule has 0 aliphatic rings. The number of aromatic nitrogens is 1. The molecule has 0 radical (unpaired) electrons. The number of hydrazone groups is 1. The number of oxazole rings is 1. The second-order valence-electron chi connectivity index (χ2n) is 7.22. The summed E-state index contributed by atoms with van der Waals surface area (Å²) in [5, 5.41) is 4.47. The fraction of sp³-hybridized carbons (Fsp3) is 0.160. The molecule has 0 saturated carbocycles. The molecule has 1 aromatic heterocycles. The Kier molecular flexibility index (Phi) is 7.26. The van der Waals surface area contributed by atoms with E-state index < -0.39 is 0 Å². The zero-order valence-corrected chi connectivity index (χ0v) is 19.1. The molecule has 33 heavy (non-hydrogen) atoms. The van der Waals surface area contributed by atoms with E-state index in [0.717, 1.165) is 16.6 Å². The van der Waals surface area contributed by atoms with Gasteiger partial charge in [-0.15, -0.1) is 0 Å². The van der Waals surface area contributed by atoms with E-state index in [9.17, 15) is 4.79 Å². The van der Waals surface area contributed by atoms with Crippen LogP contribution in [0.25, 0.3) is 11.1 Å². The molecule has 0 bridgehead atoms. The Balaban J connectivity index is 1.29. The smallest absolute Gasteiger partial charge is 0.257 e. The fourth-order valence-corrected chi connectivity index (χ4v) is 3.73. The Morgan fingerprint density at radius 1 is 1.12 bits per heavy atom. The average Bonchev–Trinajstić information content (AvgIpc) is 3.25. The van der Waals surface area contributed by atoms with Gasteiger partial charge in [-0.2, -0.15) is 5.10 Å². The molecular formula is C25H23N3O4S. The number of carbonyl (C=O) groups is 1. The molecule has 0 aliphatic carbocycles.